The standard InChI is InChI=1S/C14H15ClFN5O.ClH/c15-10-1-2-13(21-8-17-7-20-21)9(3-10)5-19-14(22)12-4-11(16)6-18-12;/h1-3,7-8,11-12,18H,4-6H2,(H,19,22);1H/t11?,12-;/m0./s1. The summed E-state index contributed by atoms with van der Waals surface area (Å²) in [4.78, 5) is 15.9. The van der Waals surface area contributed by atoms with E-state index in [-0.39, 0.29) is 37.8 Å². The Morgan fingerprint density at radius 1 is 1.52 bits per heavy atom. The summed E-state index contributed by atoms with van der Waals surface area (Å²) in [6.07, 6.45) is 2.24. The molecule has 2 atom stereocenters. The molecule has 0 radical (unpaired) electrons. The molecular formula is C14H16Cl2FN5O. The molecule has 0 bridgehead atoms. The van der Waals surface area contributed by atoms with Gasteiger partial charge in [-0.3, -0.25) is 4.79 Å². The molecule has 1 amide bonds. The minimum absolute atomic E-state index is 0. The van der Waals surface area contributed by atoms with Crippen LogP contribution in [0.5, 0.6) is 0 Å². The number of nitrogens with zero attached hydrogens (tertiary/aromatic N) is 3. The lowest BCUT2D eigenvalue weighted by Crippen LogP contribution is -2.40. The fourth-order valence-electron chi connectivity index (χ4n) is 2.45. The van der Waals surface area contributed by atoms with Crippen LogP contribution >= 0.6 is 24.0 Å². The molecule has 1 aliphatic heterocycles. The largest absolute Gasteiger partial charge is 0.351 e. The van der Waals surface area contributed by atoms with Gasteiger partial charge in [0.15, 0.2) is 0 Å². The van der Waals surface area contributed by atoms with E-state index in [4.69, 9.17) is 11.6 Å². The summed E-state index contributed by atoms with van der Waals surface area (Å²) in [7, 11) is 0. The molecule has 3 rings (SSSR count). The van der Waals surface area contributed by atoms with Crippen molar-refractivity contribution in [1.82, 2.24) is 25.4 Å². The molecule has 1 saturated heterocycles. The molecule has 23 heavy (non-hydrogen) atoms. The Bertz CT molecular complexity index is 667. The normalized spacial score (nSPS) is 20.1. The number of hydrogen-bond donors (Lipinski definition) is 2. The molecule has 1 aromatic carbocycles. The summed E-state index contributed by atoms with van der Waals surface area (Å²) in [5.41, 5.74) is 1.59. The van der Waals surface area contributed by atoms with Gasteiger partial charge >= 0.3 is 0 Å². The molecule has 2 aromatic rings. The van der Waals surface area contributed by atoms with E-state index in [2.05, 4.69) is 20.7 Å². The number of amides is 1. The fraction of sp³-hybridized carbons (Fsp3) is 0.357. The number of carbonyl (C=O) groups is 1. The third kappa shape index (κ3) is 4.19. The van der Waals surface area contributed by atoms with Crippen LogP contribution in [0.25, 0.3) is 5.69 Å². The summed E-state index contributed by atoms with van der Waals surface area (Å²) in [5, 5.41) is 10.3. The van der Waals surface area contributed by atoms with Crippen LogP contribution in [0.3, 0.4) is 0 Å². The summed E-state index contributed by atoms with van der Waals surface area (Å²) in [6.45, 7) is 0.503. The molecule has 9 heteroatoms. The van der Waals surface area contributed by atoms with E-state index in [1.807, 2.05) is 6.07 Å². The highest BCUT2D eigenvalue weighted by Gasteiger charge is 2.29. The van der Waals surface area contributed by atoms with Gasteiger partial charge in [-0.05, 0) is 23.8 Å². The molecule has 0 aliphatic carbocycles. The lowest BCUT2D eigenvalue weighted by Gasteiger charge is -2.13. The van der Waals surface area contributed by atoms with Gasteiger partial charge in [-0.2, -0.15) is 5.10 Å². The van der Waals surface area contributed by atoms with Crippen LogP contribution in [0, 0.1) is 0 Å². The molecule has 0 spiro atoms. The highest BCUT2D eigenvalue weighted by Crippen LogP contribution is 2.19. The molecule has 124 valence electrons. The predicted molar refractivity (Wildman–Crippen MR) is 86.8 cm³/mol. The van der Waals surface area contributed by atoms with Crippen molar-refractivity contribution in [3.8, 4) is 5.69 Å². The van der Waals surface area contributed by atoms with E-state index in [1.54, 1.807) is 23.1 Å². The maximum Gasteiger partial charge on any atom is 0.237 e. The summed E-state index contributed by atoms with van der Waals surface area (Å²) >= 11 is 6.02. The van der Waals surface area contributed by atoms with Gasteiger partial charge < -0.3 is 10.6 Å². The first-order chi connectivity index (χ1) is 10.6. The summed E-state index contributed by atoms with van der Waals surface area (Å²) in [5.74, 6) is -0.218. The second kappa shape index (κ2) is 7.72. The maximum atomic E-state index is 13.1. The first-order valence-electron chi connectivity index (χ1n) is 6.92. The van der Waals surface area contributed by atoms with Crippen LogP contribution in [-0.2, 0) is 11.3 Å². The molecule has 1 fully saturated rings. The van der Waals surface area contributed by atoms with Crippen molar-refractivity contribution in [2.45, 2.75) is 25.2 Å². The lowest BCUT2D eigenvalue weighted by molar-refractivity contribution is -0.123. The van der Waals surface area contributed by atoms with Crippen molar-refractivity contribution in [3.63, 3.8) is 0 Å². The zero-order chi connectivity index (χ0) is 15.5. The van der Waals surface area contributed by atoms with Gasteiger partial charge in [0.1, 0.15) is 18.8 Å². The van der Waals surface area contributed by atoms with Gasteiger partial charge in [0, 0.05) is 24.5 Å². The minimum atomic E-state index is -0.965. The Balaban J connectivity index is 0.00000192. The molecule has 0 saturated carbocycles. The van der Waals surface area contributed by atoms with Crippen LogP contribution in [0.15, 0.2) is 30.9 Å². The van der Waals surface area contributed by atoms with Gasteiger partial charge in [0.25, 0.3) is 0 Å². The highest BCUT2D eigenvalue weighted by molar-refractivity contribution is 6.30. The van der Waals surface area contributed by atoms with Crippen LogP contribution in [-0.4, -0.2) is 39.4 Å². The van der Waals surface area contributed by atoms with Gasteiger partial charge in [-0.25, -0.2) is 14.1 Å². The third-order valence-corrected chi connectivity index (χ3v) is 3.79. The van der Waals surface area contributed by atoms with E-state index in [0.29, 0.717) is 5.02 Å². The summed E-state index contributed by atoms with van der Waals surface area (Å²) in [6, 6.07) is 4.84. The molecule has 1 aromatic heterocycles. The first kappa shape index (κ1) is 17.7. The predicted octanol–water partition coefficient (Wildman–Crippen LogP) is 1.66. The zero-order valence-corrected chi connectivity index (χ0v) is 13.6. The Labute approximate surface area is 143 Å². The van der Waals surface area contributed by atoms with Gasteiger partial charge in [-0.15, -0.1) is 12.4 Å². The van der Waals surface area contributed by atoms with Crippen molar-refractivity contribution >= 4 is 29.9 Å². The average Bonchev–Trinajstić information content (AvgIpc) is 3.16. The zero-order valence-electron chi connectivity index (χ0n) is 12.1. The topological polar surface area (TPSA) is 71.8 Å². The molecule has 1 aliphatic rings. The van der Waals surface area contributed by atoms with Crippen molar-refractivity contribution in [2.75, 3.05) is 6.54 Å². The second-order valence-electron chi connectivity index (χ2n) is 5.12. The van der Waals surface area contributed by atoms with Crippen molar-refractivity contribution in [2.24, 2.45) is 0 Å². The van der Waals surface area contributed by atoms with E-state index >= 15 is 0 Å². The average molecular weight is 360 g/mol. The van der Waals surface area contributed by atoms with Crippen LogP contribution < -0.4 is 10.6 Å². The molecule has 6 nitrogen and oxygen atoms in total. The number of hydrogen-bond acceptors (Lipinski definition) is 4. The number of alkyl halides is 1. The van der Waals surface area contributed by atoms with E-state index in [0.717, 1.165) is 11.3 Å². The Hall–Kier alpha value is -1.70. The smallest absolute Gasteiger partial charge is 0.237 e. The fourth-order valence-corrected chi connectivity index (χ4v) is 2.64. The Morgan fingerprint density at radius 3 is 3.00 bits per heavy atom. The summed E-state index contributed by atoms with van der Waals surface area (Å²) < 4.78 is 14.7. The van der Waals surface area contributed by atoms with E-state index in [1.165, 1.54) is 6.33 Å². The highest BCUT2D eigenvalue weighted by atomic mass is 35.5. The van der Waals surface area contributed by atoms with Gasteiger partial charge in [0.05, 0.1) is 11.7 Å². The first-order valence-corrected chi connectivity index (χ1v) is 7.30. The Kier molecular flexibility index (Phi) is 5.92. The Morgan fingerprint density at radius 2 is 2.35 bits per heavy atom. The van der Waals surface area contributed by atoms with Crippen molar-refractivity contribution in [1.29, 1.82) is 0 Å². The molecule has 2 N–H and O–H groups in total. The maximum absolute atomic E-state index is 13.1. The van der Waals surface area contributed by atoms with Crippen LogP contribution in [0.4, 0.5) is 4.39 Å². The quantitative estimate of drug-likeness (QED) is 0.870. The monoisotopic (exact) mass is 359 g/mol. The number of halogens is 3. The molecular weight excluding hydrogens is 344 g/mol. The van der Waals surface area contributed by atoms with Gasteiger partial charge in [0.2, 0.25) is 5.91 Å². The van der Waals surface area contributed by atoms with E-state index in [9.17, 15) is 9.18 Å². The molecule has 2 heterocycles. The van der Waals surface area contributed by atoms with Crippen molar-refractivity contribution < 1.29 is 9.18 Å². The van der Waals surface area contributed by atoms with Crippen molar-refractivity contribution in [3.05, 3.63) is 41.4 Å². The lowest BCUT2D eigenvalue weighted by atomic mass is 10.1. The molecule has 1 unspecified atom stereocenters. The number of carbonyl (C=O) groups excluding carboxylic acids is 1. The van der Waals surface area contributed by atoms with Gasteiger partial charge in [-0.1, -0.05) is 11.6 Å². The number of benzene rings is 1. The van der Waals surface area contributed by atoms with E-state index < -0.39 is 12.2 Å². The number of nitrogens with one attached hydrogen (secondary N) is 2. The minimum Gasteiger partial charge on any atom is -0.351 e. The van der Waals surface area contributed by atoms with Crippen LogP contribution in [0.2, 0.25) is 5.02 Å². The number of rotatable bonds is 4. The SMILES string of the molecule is Cl.O=C(NCc1cc(Cl)ccc1-n1cncn1)[C@@H]1CC(F)CN1. The second-order valence-corrected chi connectivity index (χ2v) is 5.56. The van der Waals surface area contributed by atoms with Crippen LogP contribution in [0.1, 0.15) is 12.0 Å². The third-order valence-electron chi connectivity index (χ3n) is 3.55. The number of aromatic nitrogens is 3.